The number of nitrogens with two attached hydrogens (primary N) is 3. The number of hydrogen-bond donors (Lipinski definition) is 4. The van der Waals surface area contributed by atoms with Gasteiger partial charge in [-0.05, 0) is 38.8 Å². The minimum Gasteiger partial charge on any atom is -0.487 e. The molecule has 0 radical (unpaired) electrons. The third-order valence-electron chi connectivity index (χ3n) is 3.72. The van der Waals surface area contributed by atoms with Gasteiger partial charge in [0, 0.05) is 18.2 Å². The van der Waals surface area contributed by atoms with Crippen LogP contribution >= 0.6 is 11.8 Å². The van der Waals surface area contributed by atoms with E-state index in [0.29, 0.717) is 28.3 Å². The summed E-state index contributed by atoms with van der Waals surface area (Å²) in [4.78, 5) is 14.7. The summed E-state index contributed by atoms with van der Waals surface area (Å²) in [6, 6.07) is 13.4. The Morgan fingerprint density at radius 3 is 2.21 bits per heavy atom. The monoisotopic (exact) mass is 511 g/mol. The Bertz CT molecular complexity index is 1010. The highest BCUT2D eigenvalue weighted by atomic mass is 32.3. The smallest absolute Gasteiger partial charge is 0.218 e. The lowest BCUT2D eigenvalue weighted by atomic mass is 10.2. The van der Waals surface area contributed by atoms with Gasteiger partial charge >= 0.3 is 0 Å². The van der Waals surface area contributed by atoms with E-state index in [1.54, 1.807) is 18.2 Å². The number of benzene rings is 2. The second-order valence-corrected chi connectivity index (χ2v) is 9.72. The van der Waals surface area contributed by atoms with Crippen molar-refractivity contribution < 1.29 is 23.1 Å². The Labute approximate surface area is 205 Å². The fourth-order valence-electron chi connectivity index (χ4n) is 2.17. The Morgan fingerprint density at radius 2 is 1.74 bits per heavy atom. The van der Waals surface area contributed by atoms with Gasteiger partial charge in [-0.15, -0.1) is 11.8 Å². The number of carbonyl (C=O) groups excluding carboxylic acids is 1. The van der Waals surface area contributed by atoms with E-state index in [2.05, 4.69) is 49.8 Å². The molecule has 2 aromatic carbocycles. The molecule has 0 saturated carbocycles. The predicted molar refractivity (Wildman–Crippen MR) is 138 cm³/mol. The van der Waals surface area contributed by atoms with Gasteiger partial charge in [-0.1, -0.05) is 35.4 Å². The van der Waals surface area contributed by atoms with Crippen molar-refractivity contribution in [3.63, 3.8) is 0 Å². The lowest BCUT2D eigenvalue weighted by Gasteiger charge is -2.13. The molecule has 0 unspecified atom stereocenters. The lowest BCUT2D eigenvalue weighted by molar-refractivity contribution is -0.108. The minimum absolute atomic E-state index is 0.00868. The van der Waals surface area contributed by atoms with Gasteiger partial charge in [-0.2, -0.15) is 0 Å². The molecule has 188 valence electrons. The molecule has 34 heavy (non-hydrogen) atoms. The van der Waals surface area contributed by atoms with E-state index in [9.17, 15) is 13.2 Å². The molecule has 0 aliphatic carbocycles. The molecule has 0 bridgehead atoms. The summed E-state index contributed by atoms with van der Waals surface area (Å²) in [5, 5.41) is 12.8. The van der Waals surface area contributed by atoms with E-state index in [1.165, 1.54) is 17.3 Å². The van der Waals surface area contributed by atoms with Crippen LogP contribution in [0.15, 0.2) is 64.2 Å². The topological polar surface area (TPSA) is 174 Å². The van der Waals surface area contributed by atoms with Crippen molar-refractivity contribution in [2.75, 3.05) is 25.3 Å². The van der Waals surface area contributed by atoms with E-state index < -0.39 is 10.0 Å². The largest absolute Gasteiger partial charge is 0.487 e. The molecule has 0 aliphatic rings. The first-order valence-electron chi connectivity index (χ1n) is 9.80. The second kappa shape index (κ2) is 16.7. The Hall–Kier alpha value is -2.90. The third-order valence-corrected chi connectivity index (χ3v) is 6.14. The molecule has 2 rings (SSSR count). The molecule has 0 spiro atoms. The standard InChI is InChI=1S/C13H19N5O4S2.C8H10.CH4O/c1-17-12-3-2-11(6-13(12)23-9-24(16,20)21)22-8-10(14)7-18(15)4-5-19;1-7-3-5-8(2)6-4-7;1-2/h2-3,5-7H,1,4,8-9,14-15H2,(H2,16,20,21);3-6H,1-2H3;2H,1H3/b10-7-;;. The van der Waals surface area contributed by atoms with Crippen LogP contribution in [0.2, 0.25) is 0 Å². The lowest BCUT2D eigenvalue weighted by Crippen LogP contribution is -2.29. The van der Waals surface area contributed by atoms with Crippen LogP contribution in [0, 0.1) is 13.8 Å². The average Bonchev–Trinajstić information content (AvgIpc) is 2.79. The van der Waals surface area contributed by atoms with E-state index in [1.807, 2.05) is 0 Å². The summed E-state index contributed by atoms with van der Waals surface area (Å²) in [6.45, 7) is 7.66. The maximum atomic E-state index is 11.1. The molecule has 0 atom stereocenters. The molecular weight excluding hydrogens is 478 g/mol. The number of aliphatic imine (C=N–C) groups is 1. The van der Waals surface area contributed by atoms with E-state index in [4.69, 9.17) is 26.6 Å². The molecule has 0 aliphatic heterocycles. The van der Waals surface area contributed by atoms with Crippen molar-refractivity contribution in [1.82, 2.24) is 5.01 Å². The number of hydrazine groups is 1. The number of aldehydes is 1. The molecule has 12 heteroatoms. The zero-order chi connectivity index (χ0) is 26.1. The molecule has 2 aromatic rings. The van der Waals surface area contributed by atoms with Crippen LogP contribution in [-0.4, -0.2) is 56.9 Å². The third kappa shape index (κ3) is 14.3. The SMILES string of the molecule is C=Nc1ccc(OC/C(N)=C/N(N)CC=O)cc1SCS(N)(=O)=O.CO.Cc1ccc(C)cc1. The molecular formula is C22H33N5O5S2. The number of aliphatic hydroxyl groups is 1. The second-order valence-electron chi connectivity index (χ2n) is 6.72. The van der Waals surface area contributed by atoms with Gasteiger partial charge in [0.2, 0.25) is 10.0 Å². The normalized spacial score (nSPS) is 10.7. The van der Waals surface area contributed by atoms with Crippen LogP contribution in [0.3, 0.4) is 0 Å². The van der Waals surface area contributed by atoms with Crippen LogP contribution in [0.1, 0.15) is 11.1 Å². The number of aryl methyl sites for hydroxylation is 2. The van der Waals surface area contributed by atoms with Crippen molar-refractivity contribution in [3.8, 4) is 5.75 Å². The first-order valence-corrected chi connectivity index (χ1v) is 12.5. The van der Waals surface area contributed by atoms with Gasteiger partial charge in [0.15, 0.2) is 0 Å². The highest BCUT2D eigenvalue weighted by Crippen LogP contribution is 2.33. The van der Waals surface area contributed by atoms with Crippen molar-refractivity contribution >= 4 is 40.5 Å². The average molecular weight is 512 g/mol. The molecule has 0 heterocycles. The van der Waals surface area contributed by atoms with E-state index in [0.717, 1.165) is 23.9 Å². The number of hydrogen-bond acceptors (Lipinski definition) is 10. The van der Waals surface area contributed by atoms with Crippen LogP contribution in [0.4, 0.5) is 5.69 Å². The number of aliphatic hydroxyl groups excluding tert-OH is 1. The molecule has 10 nitrogen and oxygen atoms in total. The molecule has 0 fully saturated rings. The fourth-order valence-corrected chi connectivity index (χ4v) is 3.81. The van der Waals surface area contributed by atoms with Gasteiger partial charge in [0.25, 0.3) is 0 Å². The summed E-state index contributed by atoms with van der Waals surface area (Å²) in [7, 11) is -2.62. The Morgan fingerprint density at radius 1 is 1.18 bits per heavy atom. The number of primary sulfonamides is 1. The fraction of sp³-hybridized carbons (Fsp3) is 0.273. The van der Waals surface area contributed by atoms with Crippen molar-refractivity contribution in [3.05, 3.63) is 65.5 Å². The summed E-state index contributed by atoms with van der Waals surface area (Å²) in [5.41, 5.74) is 9.21. The summed E-state index contributed by atoms with van der Waals surface area (Å²) in [6.07, 6.45) is 2.02. The van der Waals surface area contributed by atoms with Crippen molar-refractivity contribution in [2.45, 2.75) is 18.7 Å². The van der Waals surface area contributed by atoms with Crippen LogP contribution < -0.4 is 21.5 Å². The highest BCUT2D eigenvalue weighted by molar-refractivity contribution is 8.11. The zero-order valence-electron chi connectivity index (χ0n) is 19.5. The quantitative estimate of drug-likeness (QED) is 0.122. The van der Waals surface area contributed by atoms with Crippen molar-refractivity contribution in [1.29, 1.82) is 0 Å². The van der Waals surface area contributed by atoms with Crippen LogP contribution in [0.5, 0.6) is 5.75 Å². The van der Waals surface area contributed by atoms with Crippen LogP contribution in [-0.2, 0) is 14.8 Å². The molecule has 7 N–H and O–H groups in total. The number of ether oxygens (including phenoxy) is 1. The molecule has 0 aromatic heterocycles. The first-order chi connectivity index (χ1) is 16.0. The maximum Gasteiger partial charge on any atom is 0.218 e. The number of sulfonamides is 1. The number of carbonyl (C=O) groups is 1. The molecule has 0 amide bonds. The summed E-state index contributed by atoms with van der Waals surface area (Å²) >= 11 is 1.00. The predicted octanol–water partition coefficient (Wildman–Crippen LogP) is 1.82. The van der Waals surface area contributed by atoms with E-state index in [-0.39, 0.29) is 18.2 Å². The number of rotatable bonds is 10. The maximum absolute atomic E-state index is 11.1. The first kappa shape index (κ1) is 31.1. The Balaban J connectivity index is 0.000000904. The van der Waals surface area contributed by atoms with Crippen LogP contribution in [0.25, 0.3) is 0 Å². The van der Waals surface area contributed by atoms with E-state index >= 15 is 0 Å². The summed E-state index contributed by atoms with van der Waals surface area (Å²) in [5.74, 6) is 5.95. The summed E-state index contributed by atoms with van der Waals surface area (Å²) < 4.78 is 27.6. The van der Waals surface area contributed by atoms with Gasteiger partial charge in [0.1, 0.15) is 23.7 Å². The minimum atomic E-state index is -3.62. The Kier molecular flexibility index (Phi) is 15.3. The number of nitrogens with zero attached hydrogens (tertiary/aromatic N) is 2. The van der Waals surface area contributed by atoms with Gasteiger partial charge in [-0.25, -0.2) is 19.4 Å². The van der Waals surface area contributed by atoms with Gasteiger partial charge < -0.3 is 25.4 Å². The molecule has 0 saturated heterocycles. The van der Waals surface area contributed by atoms with Crippen molar-refractivity contribution in [2.24, 2.45) is 21.7 Å². The highest BCUT2D eigenvalue weighted by Gasteiger charge is 2.09. The van der Waals surface area contributed by atoms with Gasteiger partial charge in [-0.3, -0.25) is 4.99 Å². The zero-order valence-corrected chi connectivity index (χ0v) is 21.2. The number of thioether (sulfide) groups is 1. The van der Waals surface area contributed by atoms with Gasteiger partial charge in [0.05, 0.1) is 17.9 Å².